The minimum Gasteiger partial charge on any atom is -0.494 e. The van der Waals surface area contributed by atoms with E-state index in [2.05, 4.69) is 21.2 Å². The topological polar surface area (TPSA) is 75.7 Å². The third-order valence-electron chi connectivity index (χ3n) is 4.05. The third-order valence-corrected chi connectivity index (χ3v) is 5.78. The number of imide groups is 1. The van der Waals surface area contributed by atoms with Crippen LogP contribution >= 0.6 is 27.7 Å². The van der Waals surface area contributed by atoms with Gasteiger partial charge in [0.15, 0.2) is 0 Å². The van der Waals surface area contributed by atoms with E-state index < -0.39 is 5.25 Å². The van der Waals surface area contributed by atoms with Gasteiger partial charge >= 0.3 is 0 Å². The molecule has 0 aromatic heterocycles. The normalized spacial score (nSPS) is 16.4. The number of amides is 3. The number of anilines is 2. The second-order valence-electron chi connectivity index (χ2n) is 6.05. The SMILES string of the molecule is CCOc1ccc(N2C(=O)C[C@H](SCC(=O)Nc3ccc(Br)cc3)C2=O)cc1. The van der Waals surface area contributed by atoms with E-state index in [-0.39, 0.29) is 29.9 Å². The largest absolute Gasteiger partial charge is 0.494 e. The molecule has 1 aliphatic rings. The first-order valence-electron chi connectivity index (χ1n) is 8.74. The van der Waals surface area contributed by atoms with Crippen LogP contribution in [0.1, 0.15) is 13.3 Å². The molecule has 0 bridgehead atoms. The summed E-state index contributed by atoms with van der Waals surface area (Å²) < 4.78 is 6.30. The van der Waals surface area contributed by atoms with E-state index in [4.69, 9.17) is 4.74 Å². The maximum atomic E-state index is 12.7. The van der Waals surface area contributed by atoms with Crippen molar-refractivity contribution in [1.82, 2.24) is 0 Å². The van der Waals surface area contributed by atoms with Gasteiger partial charge in [-0.1, -0.05) is 15.9 Å². The van der Waals surface area contributed by atoms with Gasteiger partial charge in [0, 0.05) is 16.6 Å². The molecule has 0 unspecified atom stereocenters. The van der Waals surface area contributed by atoms with Crippen LogP contribution in [-0.4, -0.2) is 35.3 Å². The van der Waals surface area contributed by atoms with Crippen molar-refractivity contribution in [3.05, 3.63) is 53.0 Å². The van der Waals surface area contributed by atoms with Gasteiger partial charge in [-0.05, 0) is 55.5 Å². The predicted octanol–water partition coefficient (Wildman–Crippen LogP) is 3.85. The quantitative estimate of drug-likeness (QED) is 0.632. The van der Waals surface area contributed by atoms with Crippen molar-refractivity contribution < 1.29 is 19.1 Å². The van der Waals surface area contributed by atoms with Gasteiger partial charge in [0.25, 0.3) is 0 Å². The van der Waals surface area contributed by atoms with E-state index >= 15 is 0 Å². The summed E-state index contributed by atoms with van der Waals surface area (Å²) in [5.41, 5.74) is 1.19. The molecular weight excluding hydrogens is 444 g/mol. The Morgan fingerprint density at radius 1 is 1.18 bits per heavy atom. The monoisotopic (exact) mass is 462 g/mol. The lowest BCUT2D eigenvalue weighted by Crippen LogP contribution is -2.31. The Labute approximate surface area is 175 Å². The zero-order chi connectivity index (χ0) is 20.1. The van der Waals surface area contributed by atoms with Gasteiger partial charge in [-0.15, -0.1) is 11.8 Å². The van der Waals surface area contributed by atoms with E-state index in [1.807, 2.05) is 19.1 Å². The number of thioether (sulfide) groups is 1. The van der Waals surface area contributed by atoms with Crippen molar-refractivity contribution in [2.75, 3.05) is 22.6 Å². The highest BCUT2D eigenvalue weighted by molar-refractivity contribution is 9.10. The van der Waals surface area contributed by atoms with Crippen LogP contribution in [0.3, 0.4) is 0 Å². The van der Waals surface area contributed by atoms with E-state index in [0.717, 1.165) is 4.47 Å². The lowest BCUT2D eigenvalue weighted by molar-refractivity contribution is -0.121. The van der Waals surface area contributed by atoms with Crippen molar-refractivity contribution in [3.63, 3.8) is 0 Å². The van der Waals surface area contributed by atoms with Crippen LogP contribution in [0.15, 0.2) is 53.0 Å². The summed E-state index contributed by atoms with van der Waals surface area (Å²) in [4.78, 5) is 38.3. The molecule has 3 rings (SSSR count). The number of carbonyl (C=O) groups excluding carboxylic acids is 3. The standard InChI is InChI=1S/C20H19BrN2O4S/c1-2-27-16-9-7-15(8-10-16)23-19(25)11-17(20(23)26)28-12-18(24)22-14-5-3-13(21)4-6-14/h3-10,17H,2,11-12H2,1H3,(H,22,24)/t17-/m0/s1. The molecule has 1 aliphatic heterocycles. The fraction of sp³-hybridized carbons (Fsp3) is 0.250. The van der Waals surface area contributed by atoms with Gasteiger partial charge in [0.2, 0.25) is 17.7 Å². The molecule has 0 spiro atoms. The van der Waals surface area contributed by atoms with Crippen LogP contribution in [0.25, 0.3) is 0 Å². The Bertz CT molecular complexity index is 871. The minimum absolute atomic E-state index is 0.0856. The molecule has 1 saturated heterocycles. The van der Waals surface area contributed by atoms with Gasteiger partial charge in [-0.2, -0.15) is 0 Å². The second-order valence-corrected chi connectivity index (χ2v) is 8.16. The lowest BCUT2D eigenvalue weighted by Gasteiger charge is -2.15. The summed E-state index contributed by atoms with van der Waals surface area (Å²) in [7, 11) is 0. The number of rotatable bonds is 7. The van der Waals surface area contributed by atoms with Crippen LogP contribution in [-0.2, 0) is 14.4 Å². The molecule has 6 nitrogen and oxygen atoms in total. The molecule has 2 aromatic rings. The van der Waals surface area contributed by atoms with Crippen molar-refractivity contribution in [2.24, 2.45) is 0 Å². The molecule has 146 valence electrons. The summed E-state index contributed by atoms with van der Waals surface area (Å²) in [6.45, 7) is 2.43. The number of nitrogens with one attached hydrogen (secondary N) is 1. The number of benzene rings is 2. The molecule has 28 heavy (non-hydrogen) atoms. The van der Waals surface area contributed by atoms with Crippen molar-refractivity contribution in [2.45, 2.75) is 18.6 Å². The molecule has 3 amide bonds. The fourth-order valence-corrected chi connectivity index (χ4v) is 3.97. The summed E-state index contributed by atoms with van der Waals surface area (Å²) in [5, 5.41) is 2.22. The van der Waals surface area contributed by atoms with Gasteiger partial charge in [0.1, 0.15) is 5.75 Å². The maximum absolute atomic E-state index is 12.7. The fourth-order valence-electron chi connectivity index (χ4n) is 2.77. The van der Waals surface area contributed by atoms with Crippen LogP contribution in [0.2, 0.25) is 0 Å². The first-order valence-corrected chi connectivity index (χ1v) is 10.6. The predicted molar refractivity (Wildman–Crippen MR) is 114 cm³/mol. The van der Waals surface area contributed by atoms with E-state index in [0.29, 0.717) is 23.7 Å². The smallest absolute Gasteiger partial charge is 0.247 e. The Morgan fingerprint density at radius 2 is 1.86 bits per heavy atom. The van der Waals surface area contributed by atoms with Gasteiger partial charge in [0.05, 0.1) is 23.3 Å². The average Bonchev–Trinajstić information content (AvgIpc) is 2.96. The summed E-state index contributed by atoms with van der Waals surface area (Å²) in [5.74, 6) is 0.000181. The Balaban J connectivity index is 1.57. The zero-order valence-corrected chi connectivity index (χ0v) is 17.6. The first kappa shape index (κ1) is 20.4. The number of hydrogen-bond acceptors (Lipinski definition) is 5. The number of carbonyl (C=O) groups is 3. The van der Waals surface area contributed by atoms with Gasteiger partial charge in [-0.25, -0.2) is 4.90 Å². The number of halogens is 1. The van der Waals surface area contributed by atoms with Crippen LogP contribution in [0.5, 0.6) is 5.75 Å². The molecule has 1 N–H and O–H groups in total. The lowest BCUT2D eigenvalue weighted by atomic mass is 10.3. The molecule has 0 saturated carbocycles. The molecule has 1 heterocycles. The maximum Gasteiger partial charge on any atom is 0.247 e. The molecule has 2 aromatic carbocycles. The van der Waals surface area contributed by atoms with E-state index in [1.54, 1.807) is 36.4 Å². The first-order chi connectivity index (χ1) is 13.5. The zero-order valence-electron chi connectivity index (χ0n) is 15.2. The van der Waals surface area contributed by atoms with Gasteiger partial charge in [-0.3, -0.25) is 14.4 Å². The number of hydrogen-bond donors (Lipinski definition) is 1. The van der Waals surface area contributed by atoms with Crippen LogP contribution in [0.4, 0.5) is 11.4 Å². The van der Waals surface area contributed by atoms with E-state index in [1.165, 1.54) is 16.7 Å². The summed E-state index contributed by atoms with van der Waals surface area (Å²) in [6, 6.07) is 14.1. The minimum atomic E-state index is -0.560. The third kappa shape index (κ3) is 4.94. The average molecular weight is 463 g/mol. The number of nitrogens with zero attached hydrogens (tertiary/aromatic N) is 1. The Kier molecular flexibility index (Phi) is 6.74. The highest BCUT2D eigenvalue weighted by atomic mass is 79.9. The molecule has 8 heteroatoms. The summed E-state index contributed by atoms with van der Waals surface area (Å²) >= 11 is 4.52. The van der Waals surface area contributed by atoms with Crippen LogP contribution < -0.4 is 15.0 Å². The highest BCUT2D eigenvalue weighted by Crippen LogP contribution is 2.30. The van der Waals surface area contributed by atoms with Crippen molar-refractivity contribution >= 4 is 56.8 Å². The van der Waals surface area contributed by atoms with Gasteiger partial charge < -0.3 is 10.1 Å². The summed E-state index contributed by atoms with van der Waals surface area (Å²) in [6.07, 6.45) is 0.0856. The molecule has 1 atom stereocenters. The van der Waals surface area contributed by atoms with Crippen molar-refractivity contribution in [3.8, 4) is 5.75 Å². The number of ether oxygens (including phenoxy) is 1. The Morgan fingerprint density at radius 3 is 2.50 bits per heavy atom. The Hall–Kier alpha value is -2.32. The molecule has 0 radical (unpaired) electrons. The molecule has 1 fully saturated rings. The van der Waals surface area contributed by atoms with Crippen molar-refractivity contribution in [1.29, 1.82) is 0 Å². The van der Waals surface area contributed by atoms with Crippen LogP contribution in [0, 0.1) is 0 Å². The second kappa shape index (κ2) is 9.25. The van der Waals surface area contributed by atoms with E-state index in [9.17, 15) is 14.4 Å². The highest BCUT2D eigenvalue weighted by Gasteiger charge is 2.40. The molecular formula is C20H19BrN2O4S. The molecule has 0 aliphatic carbocycles.